The molecule has 0 aliphatic rings. The molecule has 0 saturated carbocycles. The van der Waals surface area contributed by atoms with Crippen molar-refractivity contribution >= 4 is 40.4 Å². The van der Waals surface area contributed by atoms with E-state index in [1.807, 2.05) is 0 Å². The largest absolute Gasteiger partial charge is 0.360 e. The highest BCUT2D eigenvalue weighted by Gasteiger charge is 2.12. The first-order chi connectivity index (χ1) is 9.04. The minimum Gasteiger partial charge on any atom is -0.360 e. The normalized spacial score (nSPS) is 10.4. The number of carbonyl (C=O) groups is 2. The third kappa shape index (κ3) is 3.90. The Balaban J connectivity index is 1.82. The maximum absolute atomic E-state index is 11.8. The van der Waals surface area contributed by atoms with E-state index in [9.17, 15) is 9.59 Å². The molecule has 0 fully saturated rings. The second kappa shape index (κ2) is 5.99. The van der Waals surface area contributed by atoms with E-state index in [2.05, 4.69) is 10.5 Å². The number of Topliss-reactive ketones (excluding diaryl/α,β-unsaturated/α-hetero) is 1. The molecule has 1 N–H and O–H groups in total. The van der Waals surface area contributed by atoms with Crippen LogP contribution < -0.4 is 5.32 Å². The topological polar surface area (TPSA) is 72.2 Å². The van der Waals surface area contributed by atoms with Gasteiger partial charge in [-0.2, -0.15) is 0 Å². The van der Waals surface area contributed by atoms with Gasteiger partial charge in [-0.1, -0.05) is 16.8 Å². The number of hydrogen-bond donors (Lipinski definition) is 1. The Hall–Kier alpha value is -1.66. The average Bonchev–Trinajstić information content (AvgIpc) is 2.95. The number of aromatic nitrogens is 1. The van der Waals surface area contributed by atoms with Crippen molar-refractivity contribution < 1.29 is 14.1 Å². The molecular formula is C12H11ClN2O3S. The zero-order valence-corrected chi connectivity index (χ0v) is 11.7. The smallest absolute Gasteiger partial charge is 0.226 e. The monoisotopic (exact) mass is 298 g/mol. The minimum absolute atomic E-state index is 0.0941. The first-order valence-electron chi connectivity index (χ1n) is 5.56. The lowest BCUT2D eigenvalue weighted by atomic mass is 10.2. The molecule has 0 saturated heterocycles. The average molecular weight is 299 g/mol. The molecule has 2 aromatic rings. The summed E-state index contributed by atoms with van der Waals surface area (Å²) >= 11 is 6.96. The van der Waals surface area contributed by atoms with Crippen molar-refractivity contribution in [3.63, 3.8) is 0 Å². The molecule has 0 aromatic carbocycles. The van der Waals surface area contributed by atoms with Gasteiger partial charge < -0.3 is 9.84 Å². The molecular weight excluding hydrogens is 288 g/mol. The third-order valence-electron chi connectivity index (χ3n) is 2.32. The molecule has 100 valence electrons. The van der Waals surface area contributed by atoms with Crippen LogP contribution in [-0.2, 0) is 4.79 Å². The molecule has 0 unspecified atom stereocenters. The molecule has 0 atom stereocenters. The SMILES string of the molecule is Cc1cc(NC(=O)CCC(=O)c2ccc(Cl)s2)no1. The van der Waals surface area contributed by atoms with E-state index in [4.69, 9.17) is 16.1 Å². The molecule has 2 rings (SSSR count). The Morgan fingerprint density at radius 2 is 2.21 bits per heavy atom. The number of amides is 1. The number of halogens is 1. The second-order valence-corrected chi connectivity index (χ2v) is 5.61. The van der Waals surface area contributed by atoms with E-state index in [1.54, 1.807) is 25.1 Å². The van der Waals surface area contributed by atoms with Gasteiger partial charge in [0.15, 0.2) is 11.6 Å². The van der Waals surface area contributed by atoms with Gasteiger partial charge in [0.1, 0.15) is 5.76 Å². The minimum atomic E-state index is -0.274. The van der Waals surface area contributed by atoms with Crippen LogP contribution in [-0.4, -0.2) is 16.8 Å². The van der Waals surface area contributed by atoms with Gasteiger partial charge in [0.05, 0.1) is 9.21 Å². The van der Waals surface area contributed by atoms with Gasteiger partial charge in [-0.3, -0.25) is 9.59 Å². The number of aryl methyl sites for hydroxylation is 1. The van der Waals surface area contributed by atoms with Crippen LogP contribution in [0, 0.1) is 6.92 Å². The number of anilines is 1. The highest BCUT2D eigenvalue weighted by atomic mass is 35.5. The van der Waals surface area contributed by atoms with Crippen molar-refractivity contribution in [2.45, 2.75) is 19.8 Å². The van der Waals surface area contributed by atoms with Gasteiger partial charge in [-0.15, -0.1) is 11.3 Å². The number of rotatable bonds is 5. The summed E-state index contributed by atoms with van der Waals surface area (Å²) in [4.78, 5) is 23.9. The lowest BCUT2D eigenvalue weighted by Crippen LogP contribution is -2.13. The third-order valence-corrected chi connectivity index (χ3v) is 3.59. The number of thiophene rings is 1. The molecule has 7 heteroatoms. The Kier molecular flexibility index (Phi) is 4.34. The fourth-order valence-electron chi connectivity index (χ4n) is 1.45. The first kappa shape index (κ1) is 13.8. The molecule has 5 nitrogen and oxygen atoms in total. The van der Waals surface area contributed by atoms with Crippen LogP contribution in [0.25, 0.3) is 0 Å². The molecule has 0 aliphatic heterocycles. The van der Waals surface area contributed by atoms with E-state index in [1.165, 1.54) is 11.3 Å². The quantitative estimate of drug-likeness (QED) is 0.860. The fraction of sp³-hybridized carbons (Fsp3) is 0.250. The van der Waals surface area contributed by atoms with Crippen molar-refractivity contribution in [3.05, 3.63) is 33.2 Å². The van der Waals surface area contributed by atoms with E-state index >= 15 is 0 Å². The van der Waals surface area contributed by atoms with Gasteiger partial charge in [0.25, 0.3) is 0 Å². The van der Waals surface area contributed by atoms with Gasteiger partial charge in [0.2, 0.25) is 5.91 Å². The van der Waals surface area contributed by atoms with Gasteiger partial charge in [-0.25, -0.2) is 0 Å². The predicted octanol–water partition coefficient (Wildman–Crippen LogP) is 3.30. The predicted molar refractivity (Wildman–Crippen MR) is 72.8 cm³/mol. The Labute approximate surface area is 118 Å². The highest BCUT2D eigenvalue weighted by Crippen LogP contribution is 2.23. The zero-order chi connectivity index (χ0) is 13.8. The summed E-state index contributed by atoms with van der Waals surface area (Å²) < 4.78 is 5.38. The van der Waals surface area contributed by atoms with Crippen LogP contribution in [0.5, 0.6) is 0 Å². The Morgan fingerprint density at radius 1 is 1.42 bits per heavy atom. The Bertz CT molecular complexity index is 606. The van der Waals surface area contributed by atoms with Gasteiger partial charge in [0, 0.05) is 18.9 Å². The van der Waals surface area contributed by atoms with Crippen molar-refractivity contribution in [2.75, 3.05) is 5.32 Å². The molecule has 0 spiro atoms. The van der Waals surface area contributed by atoms with Crippen molar-refractivity contribution in [1.82, 2.24) is 5.16 Å². The molecule has 2 heterocycles. The number of nitrogens with zero attached hydrogens (tertiary/aromatic N) is 1. The molecule has 0 aliphatic carbocycles. The van der Waals surface area contributed by atoms with Crippen LogP contribution in [0.2, 0.25) is 4.34 Å². The lowest BCUT2D eigenvalue weighted by Gasteiger charge is -1.99. The highest BCUT2D eigenvalue weighted by molar-refractivity contribution is 7.18. The second-order valence-electron chi connectivity index (χ2n) is 3.90. The first-order valence-corrected chi connectivity index (χ1v) is 6.76. The van der Waals surface area contributed by atoms with E-state index in [0.717, 1.165) is 0 Å². The molecule has 1 amide bonds. The van der Waals surface area contributed by atoms with E-state index < -0.39 is 0 Å². The van der Waals surface area contributed by atoms with Crippen LogP contribution in [0.3, 0.4) is 0 Å². The summed E-state index contributed by atoms with van der Waals surface area (Å²) in [6, 6.07) is 4.94. The number of nitrogens with one attached hydrogen (secondary N) is 1. The van der Waals surface area contributed by atoms with Crippen molar-refractivity contribution in [3.8, 4) is 0 Å². The molecule has 2 aromatic heterocycles. The number of ketones is 1. The summed E-state index contributed by atoms with van der Waals surface area (Å²) in [6.45, 7) is 1.73. The summed E-state index contributed by atoms with van der Waals surface area (Å²) in [5.41, 5.74) is 0. The fourth-order valence-corrected chi connectivity index (χ4v) is 2.46. The van der Waals surface area contributed by atoms with Crippen LogP contribution in [0.15, 0.2) is 22.7 Å². The zero-order valence-electron chi connectivity index (χ0n) is 10.1. The number of carbonyl (C=O) groups excluding carboxylic acids is 2. The molecule has 19 heavy (non-hydrogen) atoms. The van der Waals surface area contributed by atoms with E-state index in [-0.39, 0.29) is 24.5 Å². The standard InChI is InChI=1S/C12H11ClN2O3S/c1-7-6-11(15-18-7)14-12(17)5-2-8(16)9-3-4-10(13)19-9/h3-4,6H,2,5H2,1H3,(H,14,15,17). The maximum Gasteiger partial charge on any atom is 0.226 e. The summed E-state index contributed by atoms with van der Waals surface area (Å²) in [5, 5.41) is 6.19. The summed E-state index contributed by atoms with van der Waals surface area (Å²) in [7, 11) is 0. The van der Waals surface area contributed by atoms with Crippen molar-refractivity contribution in [2.24, 2.45) is 0 Å². The van der Waals surface area contributed by atoms with Crippen molar-refractivity contribution in [1.29, 1.82) is 0 Å². The summed E-state index contributed by atoms with van der Waals surface area (Å²) in [6.07, 6.45) is 0.236. The maximum atomic E-state index is 11.8. The van der Waals surface area contributed by atoms with Crippen LogP contribution >= 0.6 is 22.9 Å². The van der Waals surface area contributed by atoms with Gasteiger partial charge >= 0.3 is 0 Å². The lowest BCUT2D eigenvalue weighted by molar-refractivity contribution is -0.116. The molecule has 0 radical (unpaired) electrons. The van der Waals surface area contributed by atoms with Crippen LogP contribution in [0.4, 0.5) is 5.82 Å². The van der Waals surface area contributed by atoms with Crippen LogP contribution in [0.1, 0.15) is 28.3 Å². The number of hydrogen-bond acceptors (Lipinski definition) is 5. The molecule has 0 bridgehead atoms. The van der Waals surface area contributed by atoms with Gasteiger partial charge in [-0.05, 0) is 19.1 Å². The Morgan fingerprint density at radius 3 is 2.79 bits per heavy atom. The summed E-state index contributed by atoms with van der Waals surface area (Å²) in [5.74, 6) is 0.599. The van der Waals surface area contributed by atoms with E-state index in [0.29, 0.717) is 20.8 Å².